The molecule has 0 aliphatic carbocycles. The van der Waals surface area contributed by atoms with E-state index in [0.717, 1.165) is 11.6 Å². The van der Waals surface area contributed by atoms with Crippen molar-refractivity contribution in [1.29, 1.82) is 5.26 Å². The van der Waals surface area contributed by atoms with Gasteiger partial charge in [-0.3, -0.25) is 0 Å². The predicted octanol–water partition coefficient (Wildman–Crippen LogP) is 2.51. The van der Waals surface area contributed by atoms with E-state index in [9.17, 15) is 0 Å². The highest BCUT2D eigenvalue weighted by molar-refractivity contribution is 5.95. The zero-order valence-electron chi connectivity index (χ0n) is 12.0. The van der Waals surface area contributed by atoms with Crippen molar-refractivity contribution in [2.24, 2.45) is 4.99 Å². The summed E-state index contributed by atoms with van der Waals surface area (Å²) < 4.78 is 5.62. The molecular weight excluding hydrogens is 276 g/mol. The molecule has 0 atom stereocenters. The standard InChI is InChI=1S/C17H16N4O/c18-11-13-5-2-4-8-16(13)22-10-9-19-17-20-12-14-6-1-3-7-15(14)21-17/h1-8H,9-10,12H2,(H2,19,20,21). The van der Waals surface area contributed by atoms with E-state index in [1.54, 1.807) is 12.1 Å². The van der Waals surface area contributed by atoms with E-state index in [1.165, 1.54) is 5.56 Å². The second-order valence-electron chi connectivity index (χ2n) is 4.83. The minimum atomic E-state index is 0.459. The number of nitrogens with one attached hydrogen (secondary N) is 2. The number of fused-ring (bicyclic) bond motifs is 1. The first-order chi connectivity index (χ1) is 10.9. The summed E-state index contributed by atoms with van der Waals surface area (Å²) in [7, 11) is 0. The van der Waals surface area contributed by atoms with Crippen LogP contribution < -0.4 is 15.4 Å². The summed E-state index contributed by atoms with van der Waals surface area (Å²) in [4.78, 5) is 4.44. The van der Waals surface area contributed by atoms with Gasteiger partial charge in [-0.15, -0.1) is 0 Å². The van der Waals surface area contributed by atoms with Crippen LogP contribution in [0.3, 0.4) is 0 Å². The molecule has 2 N–H and O–H groups in total. The first-order valence-electron chi connectivity index (χ1n) is 7.12. The normalized spacial score (nSPS) is 12.4. The van der Waals surface area contributed by atoms with Gasteiger partial charge < -0.3 is 15.4 Å². The molecule has 0 saturated heterocycles. The summed E-state index contributed by atoms with van der Waals surface area (Å²) >= 11 is 0. The molecule has 22 heavy (non-hydrogen) atoms. The maximum absolute atomic E-state index is 9.00. The fourth-order valence-corrected chi connectivity index (χ4v) is 2.23. The molecule has 0 fully saturated rings. The molecule has 1 aliphatic rings. The SMILES string of the molecule is N#Cc1ccccc1OCCNC1=NCc2ccccc2N1. The molecule has 0 radical (unpaired) electrons. The fourth-order valence-electron chi connectivity index (χ4n) is 2.23. The minimum Gasteiger partial charge on any atom is -0.490 e. The Hall–Kier alpha value is -3.00. The number of para-hydroxylation sites is 2. The number of hydrogen-bond acceptors (Lipinski definition) is 5. The lowest BCUT2D eigenvalue weighted by Crippen LogP contribution is -2.35. The van der Waals surface area contributed by atoms with Gasteiger partial charge in [0.2, 0.25) is 0 Å². The van der Waals surface area contributed by atoms with E-state index in [2.05, 4.69) is 27.8 Å². The molecule has 2 aromatic rings. The van der Waals surface area contributed by atoms with Crippen molar-refractivity contribution in [2.45, 2.75) is 6.54 Å². The van der Waals surface area contributed by atoms with E-state index in [1.807, 2.05) is 30.3 Å². The molecule has 0 amide bonds. The lowest BCUT2D eigenvalue weighted by molar-refractivity contribution is 0.321. The molecule has 0 saturated carbocycles. The Morgan fingerprint density at radius 3 is 2.91 bits per heavy atom. The lowest BCUT2D eigenvalue weighted by Gasteiger charge is -2.19. The highest BCUT2D eigenvalue weighted by Gasteiger charge is 2.10. The number of guanidine groups is 1. The van der Waals surface area contributed by atoms with Crippen molar-refractivity contribution in [1.82, 2.24) is 5.32 Å². The Bertz CT molecular complexity index is 733. The van der Waals surface area contributed by atoms with Crippen LogP contribution in [-0.4, -0.2) is 19.1 Å². The van der Waals surface area contributed by atoms with Crippen LogP contribution in [0.2, 0.25) is 0 Å². The molecular formula is C17H16N4O. The Balaban J connectivity index is 1.49. The number of rotatable bonds is 4. The summed E-state index contributed by atoms with van der Waals surface area (Å²) in [6.45, 7) is 1.73. The van der Waals surface area contributed by atoms with Crippen molar-refractivity contribution in [3.8, 4) is 11.8 Å². The van der Waals surface area contributed by atoms with Crippen LogP contribution in [0.15, 0.2) is 53.5 Å². The molecule has 0 bridgehead atoms. The van der Waals surface area contributed by atoms with Crippen molar-refractivity contribution in [2.75, 3.05) is 18.5 Å². The molecule has 0 spiro atoms. The summed E-state index contributed by atoms with van der Waals surface area (Å²) in [6.07, 6.45) is 0. The Morgan fingerprint density at radius 2 is 2.00 bits per heavy atom. The summed E-state index contributed by atoms with van der Waals surface area (Å²) in [5, 5.41) is 15.4. The Kier molecular flexibility index (Phi) is 4.21. The van der Waals surface area contributed by atoms with Crippen molar-refractivity contribution in [3.05, 3.63) is 59.7 Å². The van der Waals surface area contributed by atoms with E-state index in [0.29, 0.717) is 31.0 Å². The zero-order chi connectivity index (χ0) is 15.2. The van der Waals surface area contributed by atoms with Crippen LogP contribution in [0.5, 0.6) is 5.75 Å². The van der Waals surface area contributed by atoms with Crippen LogP contribution >= 0.6 is 0 Å². The topological polar surface area (TPSA) is 69.4 Å². The van der Waals surface area contributed by atoms with Gasteiger partial charge in [-0.2, -0.15) is 5.26 Å². The molecule has 5 nitrogen and oxygen atoms in total. The third-order valence-electron chi connectivity index (χ3n) is 3.34. The number of ether oxygens (including phenoxy) is 1. The Morgan fingerprint density at radius 1 is 1.18 bits per heavy atom. The van der Waals surface area contributed by atoms with Gasteiger partial charge in [0, 0.05) is 5.69 Å². The lowest BCUT2D eigenvalue weighted by atomic mass is 10.1. The maximum Gasteiger partial charge on any atom is 0.196 e. The van der Waals surface area contributed by atoms with Gasteiger partial charge in [0.15, 0.2) is 5.96 Å². The number of nitriles is 1. The largest absolute Gasteiger partial charge is 0.490 e. The van der Waals surface area contributed by atoms with Gasteiger partial charge in [-0.25, -0.2) is 4.99 Å². The van der Waals surface area contributed by atoms with E-state index < -0.39 is 0 Å². The highest BCUT2D eigenvalue weighted by Crippen LogP contribution is 2.19. The highest BCUT2D eigenvalue weighted by atomic mass is 16.5. The summed E-state index contributed by atoms with van der Waals surface area (Å²) in [6, 6.07) is 17.4. The monoisotopic (exact) mass is 292 g/mol. The average Bonchev–Trinajstić information content (AvgIpc) is 2.59. The van der Waals surface area contributed by atoms with Gasteiger partial charge in [0.25, 0.3) is 0 Å². The molecule has 0 unspecified atom stereocenters. The molecule has 1 heterocycles. The summed E-state index contributed by atoms with van der Waals surface area (Å²) in [5.41, 5.74) is 2.81. The van der Waals surface area contributed by atoms with Gasteiger partial charge >= 0.3 is 0 Å². The number of hydrogen-bond donors (Lipinski definition) is 2. The van der Waals surface area contributed by atoms with Crippen LogP contribution in [0, 0.1) is 11.3 Å². The van der Waals surface area contributed by atoms with Gasteiger partial charge in [-0.1, -0.05) is 30.3 Å². The first kappa shape index (κ1) is 14.0. The second-order valence-corrected chi connectivity index (χ2v) is 4.83. The van der Waals surface area contributed by atoms with Crippen molar-refractivity contribution >= 4 is 11.6 Å². The average molecular weight is 292 g/mol. The molecule has 2 aromatic carbocycles. The molecule has 0 aromatic heterocycles. The quantitative estimate of drug-likeness (QED) is 0.850. The van der Waals surface area contributed by atoms with E-state index >= 15 is 0 Å². The van der Waals surface area contributed by atoms with Gasteiger partial charge in [0.1, 0.15) is 18.4 Å². The maximum atomic E-state index is 9.00. The molecule has 110 valence electrons. The van der Waals surface area contributed by atoms with Crippen molar-refractivity contribution in [3.63, 3.8) is 0 Å². The number of anilines is 1. The molecule has 5 heteroatoms. The van der Waals surface area contributed by atoms with Crippen LogP contribution in [0.1, 0.15) is 11.1 Å². The minimum absolute atomic E-state index is 0.459. The first-order valence-corrected chi connectivity index (χ1v) is 7.12. The third-order valence-corrected chi connectivity index (χ3v) is 3.34. The van der Waals surface area contributed by atoms with Gasteiger partial charge in [0.05, 0.1) is 18.7 Å². The summed E-state index contributed by atoms with van der Waals surface area (Å²) in [5.74, 6) is 1.35. The number of benzene rings is 2. The fraction of sp³-hybridized carbons (Fsp3) is 0.176. The smallest absolute Gasteiger partial charge is 0.196 e. The molecule has 3 rings (SSSR count). The van der Waals surface area contributed by atoms with Crippen LogP contribution in [0.25, 0.3) is 0 Å². The second kappa shape index (κ2) is 6.64. The Labute approximate surface area is 129 Å². The van der Waals surface area contributed by atoms with E-state index in [-0.39, 0.29) is 0 Å². The third kappa shape index (κ3) is 3.18. The number of nitrogens with zero attached hydrogens (tertiary/aromatic N) is 2. The zero-order valence-corrected chi connectivity index (χ0v) is 12.0. The van der Waals surface area contributed by atoms with Crippen LogP contribution in [0.4, 0.5) is 5.69 Å². The van der Waals surface area contributed by atoms with Crippen LogP contribution in [-0.2, 0) is 6.54 Å². The van der Waals surface area contributed by atoms with Crippen molar-refractivity contribution < 1.29 is 4.74 Å². The van der Waals surface area contributed by atoms with E-state index in [4.69, 9.17) is 10.00 Å². The predicted molar refractivity (Wildman–Crippen MR) is 85.9 cm³/mol. The number of aliphatic imine (C=N–C) groups is 1. The van der Waals surface area contributed by atoms with Gasteiger partial charge in [-0.05, 0) is 23.8 Å². The molecule has 1 aliphatic heterocycles.